The topological polar surface area (TPSA) is 115 Å². The Morgan fingerprint density at radius 1 is 1.16 bits per heavy atom. The average molecular weight is 460 g/mol. The summed E-state index contributed by atoms with van der Waals surface area (Å²) in [4.78, 5) is 13.4. The summed E-state index contributed by atoms with van der Waals surface area (Å²) in [6.45, 7) is 2.02. The number of fused-ring (bicyclic) bond motifs is 1. The predicted molar refractivity (Wildman–Crippen MR) is 119 cm³/mol. The molecule has 10 heteroatoms. The third kappa shape index (κ3) is 4.01. The summed E-state index contributed by atoms with van der Waals surface area (Å²) < 4.78 is 13.6. The van der Waals surface area contributed by atoms with E-state index in [1.54, 1.807) is 23.6 Å². The molecule has 0 amide bonds. The number of imidazole rings is 1. The number of hydrogen-bond donors (Lipinski definition) is 3. The number of aliphatic hydroxyl groups excluding tert-OH is 2. The molecule has 2 fully saturated rings. The maximum absolute atomic E-state index is 10.7. The van der Waals surface area contributed by atoms with Gasteiger partial charge >= 0.3 is 0 Å². The van der Waals surface area contributed by atoms with Gasteiger partial charge in [-0.15, -0.1) is 0 Å². The molecule has 0 bridgehead atoms. The van der Waals surface area contributed by atoms with E-state index in [2.05, 4.69) is 15.3 Å². The third-order valence-corrected chi connectivity index (χ3v) is 6.40. The number of nitrogens with one attached hydrogen (secondary N) is 1. The number of halogens is 1. The lowest BCUT2D eigenvalue weighted by atomic mass is 10.1. The summed E-state index contributed by atoms with van der Waals surface area (Å²) in [5.74, 6) is 0.855. The third-order valence-electron chi connectivity index (χ3n) is 6.15. The first-order valence-electron chi connectivity index (χ1n) is 10.9. The molecule has 170 valence electrons. The summed E-state index contributed by atoms with van der Waals surface area (Å²) in [5.41, 5.74) is 1.88. The standard InChI is InChI=1S/C22H26ClN5O4/c1-12-17(29)18(30)21(32-12)28-19-16(27-22(28)26-15-4-2-3-5-15)20(25-11-24-19)31-10-13-6-8-14(23)9-7-13/h6-9,11-12,15,17-18,21,29-30H,2-5,10H2,1H3,(H,26,27)/t12-,17-,18-,21-/m1/s1. The van der Waals surface area contributed by atoms with Gasteiger partial charge in [-0.1, -0.05) is 36.6 Å². The minimum Gasteiger partial charge on any atom is -0.471 e. The molecule has 2 aromatic heterocycles. The Hall–Kier alpha value is -2.46. The van der Waals surface area contributed by atoms with Crippen molar-refractivity contribution in [2.24, 2.45) is 0 Å². The molecule has 1 aliphatic heterocycles. The van der Waals surface area contributed by atoms with Crippen molar-refractivity contribution in [1.82, 2.24) is 19.5 Å². The van der Waals surface area contributed by atoms with E-state index in [9.17, 15) is 10.2 Å². The molecule has 5 rings (SSSR count). The van der Waals surface area contributed by atoms with Crippen molar-refractivity contribution in [1.29, 1.82) is 0 Å². The van der Waals surface area contributed by atoms with Crippen LogP contribution in [0.1, 0.15) is 44.4 Å². The Kier molecular flexibility index (Phi) is 5.90. The summed E-state index contributed by atoms with van der Waals surface area (Å²) in [7, 11) is 0. The lowest BCUT2D eigenvalue weighted by Crippen LogP contribution is -2.31. The maximum Gasteiger partial charge on any atom is 0.245 e. The molecule has 4 atom stereocenters. The number of nitrogens with zero attached hydrogens (tertiary/aromatic N) is 4. The predicted octanol–water partition coefficient (Wildman–Crippen LogP) is 3.05. The summed E-state index contributed by atoms with van der Waals surface area (Å²) in [5, 5.41) is 25.1. The van der Waals surface area contributed by atoms with Crippen LogP contribution < -0.4 is 10.1 Å². The van der Waals surface area contributed by atoms with Crippen LogP contribution in [0.4, 0.5) is 5.95 Å². The van der Waals surface area contributed by atoms with E-state index in [0.717, 1.165) is 31.2 Å². The van der Waals surface area contributed by atoms with Crippen molar-refractivity contribution in [3.8, 4) is 5.88 Å². The Balaban J connectivity index is 1.51. The second kappa shape index (κ2) is 8.82. The van der Waals surface area contributed by atoms with Gasteiger partial charge in [0.1, 0.15) is 25.1 Å². The van der Waals surface area contributed by atoms with Gasteiger partial charge in [0.05, 0.1) is 6.10 Å². The first-order valence-corrected chi connectivity index (χ1v) is 11.3. The second-order valence-electron chi connectivity index (χ2n) is 8.41. The zero-order valence-corrected chi connectivity index (χ0v) is 18.4. The molecule has 0 unspecified atom stereocenters. The Morgan fingerprint density at radius 2 is 1.91 bits per heavy atom. The van der Waals surface area contributed by atoms with E-state index in [-0.39, 0.29) is 6.04 Å². The van der Waals surface area contributed by atoms with Gasteiger partial charge in [0.2, 0.25) is 11.8 Å². The highest BCUT2D eigenvalue weighted by molar-refractivity contribution is 6.30. The molecule has 3 heterocycles. The van der Waals surface area contributed by atoms with E-state index in [1.165, 1.54) is 6.33 Å². The van der Waals surface area contributed by atoms with E-state index >= 15 is 0 Å². The van der Waals surface area contributed by atoms with Crippen molar-refractivity contribution < 1.29 is 19.7 Å². The zero-order valence-electron chi connectivity index (χ0n) is 17.7. The fourth-order valence-electron chi connectivity index (χ4n) is 4.36. The molecule has 1 aromatic carbocycles. The van der Waals surface area contributed by atoms with Crippen molar-refractivity contribution in [2.75, 3.05) is 5.32 Å². The molecular formula is C22H26ClN5O4. The highest BCUT2D eigenvalue weighted by atomic mass is 35.5. The quantitative estimate of drug-likeness (QED) is 0.515. The normalized spacial score (nSPS) is 26.1. The SMILES string of the molecule is C[C@H]1O[C@@H](n2c(NC3CCCC3)nc3c(OCc4ccc(Cl)cc4)ncnc32)[C@H](O)[C@@H]1O. The Bertz CT molecular complexity index is 1090. The average Bonchev–Trinajstić information content (AvgIpc) is 3.49. The number of aliphatic hydroxyl groups is 2. The van der Waals surface area contributed by atoms with Crippen LogP contribution in [0.25, 0.3) is 11.2 Å². The fourth-order valence-corrected chi connectivity index (χ4v) is 4.49. The van der Waals surface area contributed by atoms with Crippen LogP contribution in [0.5, 0.6) is 5.88 Å². The largest absolute Gasteiger partial charge is 0.471 e. The van der Waals surface area contributed by atoms with Gasteiger partial charge in [-0.2, -0.15) is 4.98 Å². The first kappa shape index (κ1) is 21.4. The van der Waals surface area contributed by atoms with E-state index < -0.39 is 24.5 Å². The molecule has 1 saturated carbocycles. The first-order chi connectivity index (χ1) is 15.5. The van der Waals surface area contributed by atoms with Gasteiger partial charge in [0.15, 0.2) is 17.4 Å². The van der Waals surface area contributed by atoms with Gasteiger partial charge in [-0.25, -0.2) is 9.97 Å². The maximum atomic E-state index is 10.7. The highest BCUT2D eigenvalue weighted by Gasteiger charge is 2.43. The number of hydrogen-bond acceptors (Lipinski definition) is 8. The molecule has 1 saturated heterocycles. The van der Waals surface area contributed by atoms with Crippen LogP contribution >= 0.6 is 11.6 Å². The van der Waals surface area contributed by atoms with Crippen LogP contribution in [-0.2, 0) is 11.3 Å². The highest BCUT2D eigenvalue weighted by Crippen LogP contribution is 2.36. The fraction of sp³-hybridized carbons (Fsp3) is 0.500. The van der Waals surface area contributed by atoms with Gasteiger partial charge in [-0.3, -0.25) is 4.57 Å². The Morgan fingerprint density at radius 3 is 2.59 bits per heavy atom. The molecule has 1 aliphatic carbocycles. The molecule has 32 heavy (non-hydrogen) atoms. The summed E-state index contributed by atoms with van der Waals surface area (Å²) in [6.07, 6.45) is 2.35. The number of anilines is 1. The number of benzene rings is 1. The van der Waals surface area contributed by atoms with E-state index in [4.69, 9.17) is 26.1 Å². The molecule has 0 spiro atoms. The van der Waals surface area contributed by atoms with E-state index in [0.29, 0.717) is 34.6 Å². The van der Waals surface area contributed by atoms with Gasteiger partial charge < -0.3 is 25.0 Å². The molecule has 2 aliphatic rings. The van der Waals surface area contributed by atoms with Gasteiger partial charge in [0.25, 0.3) is 0 Å². The van der Waals surface area contributed by atoms with Crippen molar-refractivity contribution in [2.45, 2.75) is 69.8 Å². The van der Waals surface area contributed by atoms with Crippen LogP contribution in [0.2, 0.25) is 5.02 Å². The molecule has 3 N–H and O–H groups in total. The minimum atomic E-state index is -1.11. The molecule has 9 nitrogen and oxygen atoms in total. The Labute approximate surface area is 190 Å². The monoisotopic (exact) mass is 459 g/mol. The van der Waals surface area contributed by atoms with Crippen molar-refractivity contribution in [3.05, 3.63) is 41.2 Å². The smallest absolute Gasteiger partial charge is 0.245 e. The summed E-state index contributed by atoms with van der Waals surface area (Å²) >= 11 is 5.96. The summed E-state index contributed by atoms with van der Waals surface area (Å²) in [6, 6.07) is 7.66. The van der Waals surface area contributed by atoms with E-state index in [1.807, 2.05) is 12.1 Å². The molecule has 3 aromatic rings. The van der Waals surface area contributed by atoms with Crippen LogP contribution in [-0.4, -0.2) is 54.1 Å². The number of aromatic nitrogens is 4. The van der Waals surface area contributed by atoms with Crippen molar-refractivity contribution >= 4 is 28.7 Å². The van der Waals surface area contributed by atoms with Crippen LogP contribution in [0, 0.1) is 0 Å². The number of rotatable bonds is 6. The molecule has 0 radical (unpaired) electrons. The number of ether oxygens (including phenoxy) is 2. The second-order valence-corrected chi connectivity index (χ2v) is 8.85. The van der Waals surface area contributed by atoms with Gasteiger partial charge in [-0.05, 0) is 37.5 Å². The molecular weight excluding hydrogens is 434 g/mol. The zero-order chi connectivity index (χ0) is 22.2. The van der Waals surface area contributed by atoms with Gasteiger partial charge in [0, 0.05) is 11.1 Å². The lowest BCUT2D eigenvalue weighted by molar-refractivity contribution is -0.0287. The van der Waals surface area contributed by atoms with Crippen molar-refractivity contribution in [3.63, 3.8) is 0 Å². The lowest BCUT2D eigenvalue weighted by Gasteiger charge is -2.21. The minimum absolute atomic E-state index is 0.276. The van der Waals surface area contributed by atoms with Crippen LogP contribution in [0.15, 0.2) is 30.6 Å². The van der Waals surface area contributed by atoms with Crippen LogP contribution in [0.3, 0.4) is 0 Å².